The fraction of sp³-hybridized carbons (Fsp3) is 0.421. The summed E-state index contributed by atoms with van der Waals surface area (Å²) in [6.45, 7) is 1.13. The topological polar surface area (TPSA) is 69.1 Å². The van der Waals surface area contributed by atoms with Crippen molar-refractivity contribution in [2.45, 2.75) is 25.7 Å². The molecule has 0 amide bonds. The van der Waals surface area contributed by atoms with Crippen LogP contribution in [0.2, 0.25) is 0 Å². The van der Waals surface area contributed by atoms with Crippen molar-refractivity contribution in [1.29, 1.82) is 0 Å². The fourth-order valence-electron chi connectivity index (χ4n) is 3.70. The summed E-state index contributed by atoms with van der Waals surface area (Å²) in [4.78, 5) is 13.3. The van der Waals surface area contributed by atoms with Crippen molar-refractivity contribution in [3.63, 3.8) is 0 Å². The molecule has 1 aliphatic carbocycles. The molecule has 0 bridgehead atoms. The van der Waals surface area contributed by atoms with Crippen molar-refractivity contribution in [3.8, 4) is 0 Å². The Kier molecular flexibility index (Phi) is 4.27. The van der Waals surface area contributed by atoms with Crippen molar-refractivity contribution in [2.24, 2.45) is 22.8 Å². The van der Waals surface area contributed by atoms with Gasteiger partial charge in [0.05, 0.1) is 0 Å². The van der Waals surface area contributed by atoms with Crippen LogP contribution in [-0.2, 0) is 0 Å². The van der Waals surface area contributed by atoms with Crippen molar-refractivity contribution < 1.29 is 4.79 Å². The van der Waals surface area contributed by atoms with Crippen LogP contribution in [0.1, 0.15) is 36.0 Å². The van der Waals surface area contributed by atoms with Gasteiger partial charge in [0.15, 0.2) is 5.78 Å². The number of rotatable bonds is 4. The Hall–Kier alpha value is -1.71. The summed E-state index contributed by atoms with van der Waals surface area (Å²) in [6, 6.07) is 14.0. The van der Waals surface area contributed by atoms with Crippen LogP contribution in [0.4, 0.5) is 0 Å². The molecular weight excluding hydrogens is 272 g/mol. The van der Waals surface area contributed by atoms with E-state index in [1.165, 1.54) is 0 Å². The second-order valence-corrected chi connectivity index (χ2v) is 6.52. The van der Waals surface area contributed by atoms with Crippen LogP contribution in [0.5, 0.6) is 0 Å². The van der Waals surface area contributed by atoms with E-state index in [0.29, 0.717) is 19.0 Å². The first-order chi connectivity index (χ1) is 10.7. The smallest absolute Gasteiger partial charge is 0.170 e. The highest BCUT2D eigenvalue weighted by molar-refractivity contribution is 6.10. The Morgan fingerprint density at radius 1 is 1.05 bits per heavy atom. The van der Waals surface area contributed by atoms with E-state index in [1.54, 1.807) is 0 Å². The molecule has 22 heavy (non-hydrogen) atoms. The van der Waals surface area contributed by atoms with E-state index in [1.807, 2.05) is 42.5 Å². The molecule has 0 radical (unpaired) electrons. The molecule has 0 unspecified atom stereocenters. The van der Waals surface area contributed by atoms with Crippen molar-refractivity contribution in [1.82, 2.24) is 0 Å². The molecule has 2 aromatic rings. The van der Waals surface area contributed by atoms with E-state index < -0.39 is 5.41 Å². The Bertz CT molecular complexity index is 667. The van der Waals surface area contributed by atoms with Gasteiger partial charge in [0.1, 0.15) is 0 Å². The monoisotopic (exact) mass is 296 g/mol. The van der Waals surface area contributed by atoms with Crippen LogP contribution in [0.25, 0.3) is 10.8 Å². The van der Waals surface area contributed by atoms with Gasteiger partial charge >= 0.3 is 0 Å². The van der Waals surface area contributed by atoms with Crippen LogP contribution in [-0.4, -0.2) is 18.9 Å². The number of Topliss-reactive ketones (excluding diaryl/α,β-unsaturated/α-hetero) is 1. The molecular formula is C19H24N2O. The van der Waals surface area contributed by atoms with Gasteiger partial charge in [-0.25, -0.2) is 0 Å². The summed E-state index contributed by atoms with van der Waals surface area (Å²) in [6.07, 6.45) is 3.72. The predicted molar refractivity (Wildman–Crippen MR) is 90.8 cm³/mol. The highest BCUT2D eigenvalue weighted by Gasteiger charge is 2.41. The Morgan fingerprint density at radius 2 is 1.73 bits per heavy atom. The van der Waals surface area contributed by atoms with Gasteiger partial charge in [-0.3, -0.25) is 4.79 Å². The van der Waals surface area contributed by atoms with Crippen LogP contribution < -0.4 is 11.5 Å². The predicted octanol–water partition coefficient (Wildman–Crippen LogP) is 3.12. The molecule has 4 N–H and O–H groups in total. The van der Waals surface area contributed by atoms with Crippen molar-refractivity contribution in [2.75, 3.05) is 13.1 Å². The maximum Gasteiger partial charge on any atom is 0.170 e. The average molecular weight is 296 g/mol. The average Bonchev–Trinajstić information content (AvgIpc) is 2.60. The minimum Gasteiger partial charge on any atom is -0.330 e. The minimum absolute atomic E-state index is 0.210. The molecule has 1 saturated carbocycles. The first kappa shape index (κ1) is 15.2. The molecule has 3 rings (SSSR count). The summed E-state index contributed by atoms with van der Waals surface area (Å²) in [5.41, 5.74) is 12.2. The summed E-state index contributed by atoms with van der Waals surface area (Å²) < 4.78 is 0. The van der Waals surface area contributed by atoms with Gasteiger partial charge in [-0.15, -0.1) is 0 Å². The zero-order chi connectivity index (χ0) is 15.6. The lowest BCUT2D eigenvalue weighted by Gasteiger charge is -2.38. The number of nitrogens with two attached hydrogens (primary N) is 2. The quantitative estimate of drug-likeness (QED) is 0.852. The van der Waals surface area contributed by atoms with Crippen LogP contribution in [0, 0.1) is 11.3 Å². The van der Waals surface area contributed by atoms with Crippen molar-refractivity contribution >= 4 is 16.6 Å². The number of fused-ring (bicyclic) bond motifs is 1. The van der Waals surface area contributed by atoms with Gasteiger partial charge in [0.2, 0.25) is 0 Å². The van der Waals surface area contributed by atoms with Gasteiger partial charge in [0, 0.05) is 17.5 Å². The second-order valence-electron chi connectivity index (χ2n) is 6.52. The molecule has 1 aliphatic rings. The first-order valence-electron chi connectivity index (χ1n) is 8.13. The Morgan fingerprint density at radius 3 is 2.41 bits per heavy atom. The zero-order valence-corrected chi connectivity index (χ0v) is 12.9. The second kappa shape index (κ2) is 6.19. The minimum atomic E-state index is -0.407. The molecule has 0 spiro atoms. The zero-order valence-electron chi connectivity index (χ0n) is 12.9. The molecule has 3 nitrogen and oxygen atoms in total. The van der Waals surface area contributed by atoms with E-state index in [0.717, 1.165) is 42.0 Å². The van der Waals surface area contributed by atoms with Crippen LogP contribution in [0.15, 0.2) is 42.5 Å². The van der Waals surface area contributed by atoms with Crippen LogP contribution >= 0.6 is 0 Å². The third-order valence-electron chi connectivity index (χ3n) is 5.30. The SMILES string of the molecule is NCC1CCC(CN)(C(=O)c2cccc3ccccc23)CC1. The van der Waals surface area contributed by atoms with Gasteiger partial charge in [-0.2, -0.15) is 0 Å². The number of ketones is 1. The van der Waals surface area contributed by atoms with Gasteiger partial charge in [-0.05, 0) is 48.9 Å². The molecule has 0 aromatic heterocycles. The van der Waals surface area contributed by atoms with Gasteiger partial charge in [0.25, 0.3) is 0 Å². The maximum absolute atomic E-state index is 13.3. The number of hydrogen-bond acceptors (Lipinski definition) is 3. The standard InChI is InChI=1S/C19H24N2O/c20-12-14-8-10-19(13-21,11-9-14)18(22)17-7-3-5-15-4-1-2-6-16(15)17/h1-7,14H,8-13,20-21H2. The maximum atomic E-state index is 13.3. The van der Waals surface area contributed by atoms with E-state index >= 15 is 0 Å². The summed E-state index contributed by atoms with van der Waals surface area (Å²) in [5.74, 6) is 0.752. The highest BCUT2D eigenvalue weighted by Crippen LogP contribution is 2.41. The summed E-state index contributed by atoms with van der Waals surface area (Å²) in [7, 11) is 0. The Labute approximate surface area is 131 Å². The molecule has 0 aliphatic heterocycles. The summed E-state index contributed by atoms with van der Waals surface area (Å²) >= 11 is 0. The molecule has 0 heterocycles. The number of carbonyl (C=O) groups is 1. The summed E-state index contributed by atoms with van der Waals surface area (Å²) in [5, 5.41) is 2.14. The lowest BCUT2D eigenvalue weighted by atomic mass is 9.66. The number of hydrogen-bond donors (Lipinski definition) is 2. The molecule has 1 fully saturated rings. The highest BCUT2D eigenvalue weighted by atomic mass is 16.1. The molecule has 0 saturated heterocycles. The third kappa shape index (κ3) is 2.55. The van der Waals surface area contributed by atoms with Gasteiger partial charge in [-0.1, -0.05) is 42.5 Å². The fourth-order valence-corrected chi connectivity index (χ4v) is 3.70. The van der Waals surface area contributed by atoms with E-state index in [-0.39, 0.29) is 5.78 Å². The van der Waals surface area contributed by atoms with Crippen LogP contribution in [0.3, 0.4) is 0 Å². The first-order valence-corrected chi connectivity index (χ1v) is 8.13. The number of carbonyl (C=O) groups excluding carboxylic acids is 1. The molecule has 0 atom stereocenters. The van der Waals surface area contributed by atoms with Gasteiger partial charge < -0.3 is 11.5 Å². The normalized spacial score (nSPS) is 25.3. The molecule has 3 heteroatoms. The lowest BCUT2D eigenvalue weighted by Crippen LogP contribution is -2.42. The van der Waals surface area contributed by atoms with E-state index in [9.17, 15) is 4.79 Å². The molecule has 2 aromatic carbocycles. The lowest BCUT2D eigenvalue weighted by molar-refractivity contribution is 0.0692. The third-order valence-corrected chi connectivity index (χ3v) is 5.30. The van der Waals surface area contributed by atoms with E-state index in [4.69, 9.17) is 11.5 Å². The largest absolute Gasteiger partial charge is 0.330 e. The Balaban J connectivity index is 1.97. The molecule has 116 valence electrons. The van der Waals surface area contributed by atoms with E-state index in [2.05, 4.69) is 0 Å². The number of benzene rings is 2. The van der Waals surface area contributed by atoms with Crippen molar-refractivity contribution in [3.05, 3.63) is 48.0 Å².